The van der Waals surface area contributed by atoms with Crippen LogP contribution >= 0.6 is 0 Å². The third-order valence-electron chi connectivity index (χ3n) is 4.83. The van der Waals surface area contributed by atoms with Crippen molar-refractivity contribution in [3.05, 3.63) is 35.9 Å². The van der Waals surface area contributed by atoms with Gasteiger partial charge in [0.2, 0.25) is 11.8 Å². The average Bonchev–Trinajstić information content (AvgIpc) is 3.10. The van der Waals surface area contributed by atoms with E-state index in [-0.39, 0.29) is 30.4 Å². The van der Waals surface area contributed by atoms with E-state index >= 15 is 0 Å². The minimum Gasteiger partial charge on any atom is -0.329 e. The number of fused-ring (bicyclic) bond motifs is 1. The first-order valence-corrected chi connectivity index (χ1v) is 7.40. The van der Waals surface area contributed by atoms with Crippen molar-refractivity contribution in [2.75, 3.05) is 13.1 Å². The van der Waals surface area contributed by atoms with Crippen LogP contribution in [0.25, 0.3) is 0 Å². The van der Waals surface area contributed by atoms with E-state index in [1.54, 1.807) is 4.90 Å². The Morgan fingerprint density at radius 3 is 2.65 bits per heavy atom. The summed E-state index contributed by atoms with van der Waals surface area (Å²) >= 11 is 0. The predicted molar refractivity (Wildman–Crippen MR) is 74.0 cm³/mol. The molecule has 0 spiro atoms. The van der Waals surface area contributed by atoms with Crippen LogP contribution in [0.15, 0.2) is 30.3 Å². The topological polar surface area (TPSA) is 40.6 Å². The van der Waals surface area contributed by atoms with Crippen LogP contribution in [0.4, 0.5) is 0 Å². The van der Waals surface area contributed by atoms with Gasteiger partial charge >= 0.3 is 0 Å². The Morgan fingerprint density at radius 2 is 1.85 bits per heavy atom. The first kappa shape index (κ1) is 11.9. The van der Waals surface area contributed by atoms with Crippen molar-refractivity contribution in [2.24, 2.45) is 0 Å². The molecule has 20 heavy (non-hydrogen) atoms. The molecule has 104 valence electrons. The highest BCUT2D eigenvalue weighted by atomic mass is 16.2. The molecule has 3 fully saturated rings. The fourth-order valence-electron chi connectivity index (χ4n) is 3.69. The molecule has 1 aromatic rings. The lowest BCUT2D eigenvalue weighted by atomic mass is 10.1. The summed E-state index contributed by atoms with van der Waals surface area (Å²) < 4.78 is 0. The van der Waals surface area contributed by atoms with E-state index in [1.165, 1.54) is 5.56 Å². The lowest BCUT2D eigenvalue weighted by molar-refractivity contribution is -0.154. The van der Waals surface area contributed by atoms with Crippen molar-refractivity contribution in [3.63, 3.8) is 0 Å². The Labute approximate surface area is 118 Å². The fraction of sp³-hybridized carbons (Fsp3) is 0.500. The molecule has 1 aliphatic carbocycles. The molecule has 0 radical (unpaired) electrons. The normalized spacial score (nSPS) is 32.5. The van der Waals surface area contributed by atoms with Gasteiger partial charge in [0.25, 0.3) is 0 Å². The van der Waals surface area contributed by atoms with Gasteiger partial charge in [0, 0.05) is 18.5 Å². The van der Waals surface area contributed by atoms with Crippen LogP contribution in [0.1, 0.15) is 30.7 Å². The highest BCUT2D eigenvalue weighted by molar-refractivity contribution is 5.95. The number of hydrogen-bond donors (Lipinski definition) is 0. The second-order valence-corrected chi connectivity index (χ2v) is 6.03. The van der Waals surface area contributed by atoms with Gasteiger partial charge < -0.3 is 9.80 Å². The number of carbonyl (C=O) groups excluding carboxylic acids is 2. The Morgan fingerprint density at radius 1 is 1.05 bits per heavy atom. The van der Waals surface area contributed by atoms with Crippen LogP contribution in [0.3, 0.4) is 0 Å². The maximum Gasteiger partial charge on any atom is 0.246 e. The molecule has 0 aromatic heterocycles. The summed E-state index contributed by atoms with van der Waals surface area (Å²) in [6, 6.07) is 10.4. The van der Waals surface area contributed by atoms with E-state index < -0.39 is 0 Å². The number of piperazine rings is 1. The van der Waals surface area contributed by atoms with Crippen LogP contribution in [-0.4, -0.2) is 46.8 Å². The molecule has 2 heterocycles. The van der Waals surface area contributed by atoms with Gasteiger partial charge in [-0.15, -0.1) is 0 Å². The van der Waals surface area contributed by atoms with E-state index in [1.807, 2.05) is 23.1 Å². The van der Waals surface area contributed by atoms with Crippen LogP contribution < -0.4 is 0 Å². The quantitative estimate of drug-likeness (QED) is 0.814. The molecular weight excluding hydrogens is 252 g/mol. The monoisotopic (exact) mass is 270 g/mol. The summed E-state index contributed by atoms with van der Waals surface area (Å²) in [5.41, 5.74) is 1.28. The lowest BCUT2D eigenvalue weighted by Crippen LogP contribution is -2.58. The van der Waals surface area contributed by atoms with Crippen molar-refractivity contribution >= 4 is 11.8 Å². The van der Waals surface area contributed by atoms with Gasteiger partial charge in [-0.2, -0.15) is 0 Å². The molecule has 3 atom stereocenters. The smallest absolute Gasteiger partial charge is 0.246 e. The molecule has 4 rings (SSSR count). The SMILES string of the molecule is O=C1CN(C2CC2c2ccccc2)C(=O)C2CCCN12. The first-order chi connectivity index (χ1) is 9.75. The molecule has 1 aromatic carbocycles. The van der Waals surface area contributed by atoms with Crippen molar-refractivity contribution < 1.29 is 9.59 Å². The third kappa shape index (κ3) is 1.74. The van der Waals surface area contributed by atoms with Gasteiger partial charge in [-0.3, -0.25) is 9.59 Å². The molecule has 4 nitrogen and oxygen atoms in total. The van der Waals surface area contributed by atoms with E-state index in [4.69, 9.17) is 0 Å². The molecule has 2 aliphatic heterocycles. The average molecular weight is 270 g/mol. The maximum absolute atomic E-state index is 12.5. The second-order valence-electron chi connectivity index (χ2n) is 6.03. The standard InChI is InChI=1S/C16H18N2O2/c19-15-10-18(16(20)13-7-4-8-17(13)15)14-9-12(14)11-5-2-1-3-6-11/h1-3,5-6,12-14H,4,7-10H2. The second kappa shape index (κ2) is 4.33. The van der Waals surface area contributed by atoms with Crippen molar-refractivity contribution in [3.8, 4) is 0 Å². The van der Waals surface area contributed by atoms with Crippen molar-refractivity contribution in [1.82, 2.24) is 9.80 Å². The largest absolute Gasteiger partial charge is 0.329 e. The van der Waals surface area contributed by atoms with Gasteiger partial charge in [-0.25, -0.2) is 0 Å². The van der Waals surface area contributed by atoms with Crippen LogP contribution in [0.2, 0.25) is 0 Å². The van der Waals surface area contributed by atoms with E-state index in [2.05, 4.69) is 12.1 Å². The van der Waals surface area contributed by atoms with Crippen LogP contribution in [-0.2, 0) is 9.59 Å². The number of amides is 2. The van der Waals surface area contributed by atoms with Crippen LogP contribution in [0.5, 0.6) is 0 Å². The number of nitrogens with zero attached hydrogens (tertiary/aromatic N) is 2. The molecule has 2 saturated heterocycles. The van der Waals surface area contributed by atoms with Gasteiger partial charge in [-0.05, 0) is 24.8 Å². The van der Waals surface area contributed by atoms with Crippen molar-refractivity contribution in [2.45, 2.75) is 37.3 Å². The van der Waals surface area contributed by atoms with Gasteiger partial charge in [0.15, 0.2) is 0 Å². The Hall–Kier alpha value is -1.84. The third-order valence-corrected chi connectivity index (χ3v) is 4.83. The van der Waals surface area contributed by atoms with Crippen molar-refractivity contribution in [1.29, 1.82) is 0 Å². The molecule has 0 N–H and O–H groups in total. The molecule has 3 unspecified atom stereocenters. The molecule has 3 aliphatic rings. The summed E-state index contributed by atoms with van der Waals surface area (Å²) in [5.74, 6) is 0.720. The minimum atomic E-state index is -0.173. The lowest BCUT2D eigenvalue weighted by Gasteiger charge is -2.36. The molecule has 4 heteroatoms. The Bertz CT molecular complexity index is 557. The fourth-order valence-corrected chi connectivity index (χ4v) is 3.69. The number of rotatable bonds is 2. The molecule has 2 amide bonds. The molecule has 0 bridgehead atoms. The van der Waals surface area contributed by atoms with E-state index in [0.29, 0.717) is 5.92 Å². The van der Waals surface area contributed by atoms with E-state index in [0.717, 1.165) is 25.8 Å². The summed E-state index contributed by atoms with van der Waals surface area (Å²) in [7, 11) is 0. The highest BCUT2D eigenvalue weighted by Crippen LogP contribution is 2.46. The Balaban J connectivity index is 1.53. The van der Waals surface area contributed by atoms with Gasteiger partial charge in [0.05, 0.1) is 0 Å². The summed E-state index contributed by atoms with van der Waals surface area (Å²) in [6.45, 7) is 1.04. The maximum atomic E-state index is 12.5. The predicted octanol–water partition coefficient (Wildman–Crippen LogP) is 1.38. The van der Waals surface area contributed by atoms with Gasteiger partial charge in [-0.1, -0.05) is 30.3 Å². The first-order valence-electron chi connectivity index (χ1n) is 7.40. The number of benzene rings is 1. The summed E-state index contributed by atoms with van der Waals surface area (Å²) in [5, 5.41) is 0. The highest BCUT2D eigenvalue weighted by Gasteiger charge is 2.51. The summed E-state index contributed by atoms with van der Waals surface area (Å²) in [6.07, 6.45) is 2.79. The molecule has 1 saturated carbocycles. The zero-order valence-electron chi connectivity index (χ0n) is 11.4. The molecular formula is C16H18N2O2. The van der Waals surface area contributed by atoms with E-state index in [9.17, 15) is 9.59 Å². The van der Waals surface area contributed by atoms with Crippen LogP contribution in [0, 0.1) is 0 Å². The summed E-state index contributed by atoms with van der Waals surface area (Å²) in [4.78, 5) is 28.3. The number of hydrogen-bond acceptors (Lipinski definition) is 2. The van der Waals surface area contributed by atoms with Gasteiger partial charge in [0.1, 0.15) is 12.6 Å². The minimum absolute atomic E-state index is 0.130. The zero-order valence-corrected chi connectivity index (χ0v) is 11.4. The number of carbonyl (C=O) groups is 2. The zero-order chi connectivity index (χ0) is 13.7. The Kier molecular flexibility index (Phi) is 2.59.